The highest BCUT2D eigenvalue weighted by Gasteiger charge is 2.20. The Bertz CT molecular complexity index is 3400. The number of hydrogen-bond acceptors (Lipinski definition) is 2. The molecule has 0 N–H and O–H groups in total. The van der Waals surface area contributed by atoms with Crippen LogP contribution in [0.5, 0.6) is 0 Å². The topological polar surface area (TPSA) is 62.4 Å². The summed E-state index contributed by atoms with van der Waals surface area (Å²) in [5.41, 5.74) is 12.2. The second kappa shape index (κ2) is 11.8. The SMILES string of the molecule is N#Cc1cc(-c2cc(C#N)cc(-n3c4ccccc4c4cc5c(cc43)c3ccccc3n5-c3ccccc3)c2)cc(-n2c3ccccc3c3ccccc32)c1. The van der Waals surface area contributed by atoms with E-state index in [0.717, 1.165) is 88.2 Å². The monoisotopic (exact) mass is 699 g/mol. The van der Waals surface area contributed by atoms with E-state index < -0.39 is 0 Å². The van der Waals surface area contributed by atoms with Crippen molar-refractivity contribution in [1.82, 2.24) is 13.7 Å². The highest BCUT2D eigenvalue weighted by molar-refractivity contribution is 6.19. The normalized spacial score (nSPS) is 11.6. The van der Waals surface area contributed by atoms with Gasteiger partial charge in [-0.05, 0) is 96.1 Å². The van der Waals surface area contributed by atoms with E-state index in [4.69, 9.17) is 0 Å². The van der Waals surface area contributed by atoms with E-state index in [-0.39, 0.29) is 0 Å². The molecule has 0 atom stereocenters. The van der Waals surface area contributed by atoms with Gasteiger partial charge >= 0.3 is 0 Å². The Balaban J connectivity index is 1.17. The van der Waals surface area contributed by atoms with Crippen LogP contribution in [0.1, 0.15) is 11.1 Å². The minimum Gasteiger partial charge on any atom is -0.309 e. The van der Waals surface area contributed by atoms with Gasteiger partial charge in [0.15, 0.2) is 0 Å². The van der Waals surface area contributed by atoms with E-state index in [1.165, 1.54) is 5.39 Å². The lowest BCUT2D eigenvalue weighted by atomic mass is 9.99. The molecule has 11 rings (SSSR count). The number of fused-ring (bicyclic) bond motifs is 9. The molecule has 8 aromatic carbocycles. The van der Waals surface area contributed by atoms with Gasteiger partial charge in [0.05, 0.1) is 56.4 Å². The number of aromatic nitrogens is 3. The summed E-state index contributed by atoms with van der Waals surface area (Å²) in [4.78, 5) is 0. The molecule has 0 aliphatic carbocycles. The third-order valence-corrected chi connectivity index (χ3v) is 11.0. The first-order valence-electron chi connectivity index (χ1n) is 18.3. The Kier molecular flexibility index (Phi) is 6.61. The summed E-state index contributed by atoms with van der Waals surface area (Å²) in [6.07, 6.45) is 0. The predicted octanol–water partition coefficient (Wildman–Crippen LogP) is 12.4. The van der Waals surface area contributed by atoms with Gasteiger partial charge in [0.1, 0.15) is 0 Å². The summed E-state index contributed by atoms with van der Waals surface area (Å²) < 4.78 is 6.86. The summed E-state index contributed by atoms with van der Waals surface area (Å²) in [5.74, 6) is 0. The average Bonchev–Trinajstić information content (AvgIpc) is 3.88. The molecule has 0 unspecified atom stereocenters. The van der Waals surface area contributed by atoms with Crippen molar-refractivity contribution in [3.63, 3.8) is 0 Å². The molecular formula is C50H29N5. The van der Waals surface area contributed by atoms with Crippen LogP contribution < -0.4 is 0 Å². The van der Waals surface area contributed by atoms with Crippen molar-refractivity contribution in [2.24, 2.45) is 0 Å². The minimum absolute atomic E-state index is 0.543. The quantitative estimate of drug-likeness (QED) is 0.184. The highest BCUT2D eigenvalue weighted by atomic mass is 15.0. The van der Waals surface area contributed by atoms with Gasteiger partial charge in [-0.25, -0.2) is 0 Å². The molecule has 0 amide bonds. The fraction of sp³-hybridized carbons (Fsp3) is 0. The van der Waals surface area contributed by atoms with E-state index in [1.807, 2.05) is 36.4 Å². The van der Waals surface area contributed by atoms with Crippen molar-refractivity contribution in [3.8, 4) is 40.3 Å². The third kappa shape index (κ3) is 4.58. The molecule has 0 spiro atoms. The lowest BCUT2D eigenvalue weighted by molar-refractivity contribution is 1.17. The zero-order valence-electron chi connectivity index (χ0n) is 29.5. The first-order chi connectivity index (χ1) is 27.2. The Labute approximate surface area is 316 Å². The van der Waals surface area contributed by atoms with Crippen molar-refractivity contribution in [2.45, 2.75) is 0 Å². The van der Waals surface area contributed by atoms with Gasteiger partial charge in [-0.15, -0.1) is 0 Å². The molecule has 5 nitrogen and oxygen atoms in total. The number of para-hydroxylation sites is 5. The smallest absolute Gasteiger partial charge is 0.0992 e. The van der Waals surface area contributed by atoms with Gasteiger partial charge in [-0.2, -0.15) is 10.5 Å². The zero-order valence-corrected chi connectivity index (χ0v) is 29.5. The van der Waals surface area contributed by atoms with E-state index in [0.29, 0.717) is 11.1 Å². The van der Waals surface area contributed by atoms with Crippen molar-refractivity contribution < 1.29 is 0 Å². The van der Waals surface area contributed by atoms with Crippen LogP contribution in [0, 0.1) is 22.7 Å². The van der Waals surface area contributed by atoms with Crippen LogP contribution in [0.25, 0.3) is 93.6 Å². The number of rotatable bonds is 4. The van der Waals surface area contributed by atoms with Gasteiger partial charge in [0, 0.05) is 49.4 Å². The van der Waals surface area contributed by atoms with Crippen molar-refractivity contribution in [1.29, 1.82) is 10.5 Å². The summed E-state index contributed by atoms with van der Waals surface area (Å²) in [6.45, 7) is 0. The minimum atomic E-state index is 0.543. The molecule has 5 heteroatoms. The fourth-order valence-corrected chi connectivity index (χ4v) is 8.71. The van der Waals surface area contributed by atoms with Crippen LogP contribution in [0.15, 0.2) is 176 Å². The first-order valence-corrected chi connectivity index (χ1v) is 18.3. The number of hydrogen-bond donors (Lipinski definition) is 0. The van der Waals surface area contributed by atoms with E-state index >= 15 is 0 Å². The first kappa shape index (κ1) is 30.7. The molecule has 3 heterocycles. The molecule has 0 aliphatic rings. The molecular weight excluding hydrogens is 671 g/mol. The van der Waals surface area contributed by atoms with Gasteiger partial charge < -0.3 is 13.7 Å². The summed E-state index contributed by atoms with van der Waals surface area (Å²) >= 11 is 0. The van der Waals surface area contributed by atoms with E-state index in [2.05, 4.69) is 165 Å². The van der Waals surface area contributed by atoms with Crippen LogP contribution in [0.4, 0.5) is 0 Å². The third-order valence-electron chi connectivity index (χ3n) is 11.0. The van der Waals surface area contributed by atoms with Gasteiger partial charge in [0.25, 0.3) is 0 Å². The molecule has 0 bridgehead atoms. The molecule has 55 heavy (non-hydrogen) atoms. The van der Waals surface area contributed by atoms with Crippen LogP contribution >= 0.6 is 0 Å². The van der Waals surface area contributed by atoms with Crippen molar-refractivity contribution >= 4 is 65.4 Å². The Hall–Kier alpha value is -7.86. The Morgan fingerprint density at radius 2 is 0.636 bits per heavy atom. The van der Waals surface area contributed by atoms with Crippen molar-refractivity contribution in [2.75, 3.05) is 0 Å². The molecule has 254 valence electrons. The van der Waals surface area contributed by atoms with E-state index in [9.17, 15) is 10.5 Å². The number of nitriles is 2. The van der Waals surface area contributed by atoms with E-state index in [1.54, 1.807) is 0 Å². The zero-order chi connectivity index (χ0) is 36.6. The van der Waals surface area contributed by atoms with Gasteiger partial charge in [-0.3, -0.25) is 0 Å². The van der Waals surface area contributed by atoms with Crippen LogP contribution in [-0.4, -0.2) is 13.7 Å². The lowest BCUT2D eigenvalue weighted by Crippen LogP contribution is -1.98. The number of nitrogens with zero attached hydrogens (tertiary/aromatic N) is 5. The molecule has 0 saturated heterocycles. The molecule has 0 saturated carbocycles. The average molecular weight is 700 g/mol. The second-order valence-electron chi connectivity index (χ2n) is 14.1. The predicted molar refractivity (Wildman–Crippen MR) is 224 cm³/mol. The van der Waals surface area contributed by atoms with Gasteiger partial charge in [-0.1, -0.05) is 91.0 Å². The largest absolute Gasteiger partial charge is 0.309 e. The summed E-state index contributed by atoms with van der Waals surface area (Å²) in [7, 11) is 0. The molecule has 0 aliphatic heterocycles. The molecule has 0 fully saturated rings. The molecule has 11 aromatic rings. The maximum atomic E-state index is 10.5. The maximum absolute atomic E-state index is 10.5. The van der Waals surface area contributed by atoms with Crippen LogP contribution in [0.2, 0.25) is 0 Å². The molecule has 3 aromatic heterocycles. The Morgan fingerprint density at radius 1 is 0.291 bits per heavy atom. The molecule has 0 radical (unpaired) electrons. The van der Waals surface area contributed by atoms with Crippen molar-refractivity contribution in [3.05, 3.63) is 187 Å². The Morgan fingerprint density at radius 3 is 1.05 bits per heavy atom. The second-order valence-corrected chi connectivity index (χ2v) is 14.1. The maximum Gasteiger partial charge on any atom is 0.0992 e. The fourth-order valence-electron chi connectivity index (χ4n) is 8.71. The summed E-state index contributed by atoms with van der Waals surface area (Å²) in [5, 5.41) is 27.7. The lowest BCUT2D eigenvalue weighted by Gasteiger charge is -2.14. The van der Waals surface area contributed by atoms with Gasteiger partial charge in [0.2, 0.25) is 0 Å². The summed E-state index contributed by atoms with van der Waals surface area (Å²) in [6, 6.07) is 65.9. The van der Waals surface area contributed by atoms with Crippen LogP contribution in [0.3, 0.4) is 0 Å². The van der Waals surface area contributed by atoms with Crippen LogP contribution in [-0.2, 0) is 0 Å². The number of benzene rings is 8. The highest BCUT2D eigenvalue weighted by Crippen LogP contribution is 2.41. The standard InChI is InChI=1S/C50H29N5/c51-30-32-22-34(26-37(24-32)54-45-18-8-4-14-39(45)40-15-5-9-19-46(40)54)35-23-33(31-52)25-38(27-35)55-48-21-11-7-17-42(48)44-28-49-43(29-50(44)55)41-16-6-10-20-47(41)53(49)36-12-2-1-3-13-36/h1-29H.